The molecule has 0 spiro atoms. The smallest absolute Gasteiger partial charge is 0.149 e. The predicted octanol–water partition coefficient (Wildman–Crippen LogP) is 5.48. The summed E-state index contributed by atoms with van der Waals surface area (Å²) in [4.78, 5) is 7.79. The Balaban J connectivity index is 1.79. The van der Waals surface area contributed by atoms with Gasteiger partial charge >= 0.3 is 0 Å². The Morgan fingerprint density at radius 2 is 1.86 bits per heavy atom. The van der Waals surface area contributed by atoms with Crippen LogP contribution in [0.4, 0.5) is 4.39 Å². The molecule has 0 atom stereocenters. The quantitative estimate of drug-likeness (QED) is 0.485. The molecule has 0 unspecified atom stereocenters. The summed E-state index contributed by atoms with van der Waals surface area (Å²) in [6.45, 7) is 5.99. The van der Waals surface area contributed by atoms with Crippen LogP contribution in [0.25, 0.3) is 28.4 Å². The minimum atomic E-state index is -0.266. The molecule has 0 bridgehead atoms. The highest BCUT2D eigenvalue weighted by Gasteiger charge is 2.13. The van der Waals surface area contributed by atoms with Crippen molar-refractivity contribution in [3.63, 3.8) is 0 Å². The van der Waals surface area contributed by atoms with Crippen LogP contribution in [0.3, 0.4) is 0 Å². The molecule has 1 N–H and O–H groups in total. The van der Waals surface area contributed by atoms with Crippen LogP contribution in [0.1, 0.15) is 28.3 Å². The Kier molecular flexibility index (Phi) is 4.32. The van der Waals surface area contributed by atoms with Gasteiger partial charge in [-0.25, -0.2) is 9.37 Å². The van der Waals surface area contributed by atoms with Crippen molar-refractivity contribution < 1.29 is 4.39 Å². The first-order chi connectivity index (χ1) is 13.5. The standard InChI is InChI=1S/C23H19FN4/c1-14-4-9-21-22(10-14)27-23(26-21)18(13-25)12-17-11-15(2)28(16(17)3)20-7-5-19(24)6-8-20/h4-12H,1-3H3,(H,26,27)/b18-12-. The third-order valence-electron chi connectivity index (χ3n) is 4.87. The number of nitrogens with zero attached hydrogens (tertiary/aromatic N) is 3. The molecule has 138 valence electrons. The van der Waals surface area contributed by atoms with Crippen molar-refractivity contribution in [2.24, 2.45) is 0 Å². The predicted molar refractivity (Wildman–Crippen MR) is 110 cm³/mol. The molecule has 0 aliphatic rings. The molecule has 4 nitrogen and oxygen atoms in total. The topological polar surface area (TPSA) is 57.4 Å². The Hall–Kier alpha value is -3.65. The zero-order valence-corrected chi connectivity index (χ0v) is 15.9. The van der Waals surface area contributed by atoms with Crippen LogP contribution in [0.2, 0.25) is 0 Å². The second-order valence-corrected chi connectivity index (χ2v) is 6.91. The van der Waals surface area contributed by atoms with Gasteiger partial charge in [0.05, 0.1) is 16.6 Å². The van der Waals surface area contributed by atoms with Gasteiger partial charge in [-0.05, 0) is 80.4 Å². The SMILES string of the molecule is Cc1ccc2nc(/C(C#N)=C\c3cc(C)n(-c4ccc(F)cc4)c3C)[nH]c2c1. The number of imidazole rings is 1. The number of fused-ring (bicyclic) bond motifs is 1. The monoisotopic (exact) mass is 370 g/mol. The summed E-state index contributed by atoms with van der Waals surface area (Å²) in [5.41, 5.74) is 7.13. The maximum atomic E-state index is 13.3. The minimum absolute atomic E-state index is 0.266. The summed E-state index contributed by atoms with van der Waals surface area (Å²) in [5, 5.41) is 9.71. The van der Waals surface area contributed by atoms with Gasteiger partial charge < -0.3 is 9.55 Å². The van der Waals surface area contributed by atoms with Crippen LogP contribution in [-0.4, -0.2) is 14.5 Å². The summed E-state index contributed by atoms with van der Waals surface area (Å²) in [6, 6.07) is 16.6. The van der Waals surface area contributed by atoms with E-state index in [4.69, 9.17) is 0 Å². The summed E-state index contributed by atoms with van der Waals surface area (Å²) in [7, 11) is 0. The number of hydrogen-bond donors (Lipinski definition) is 1. The minimum Gasteiger partial charge on any atom is -0.337 e. The third kappa shape index (κ3) is 3.10. The van der Waals surface area contributed by atoms with Crippen LogP contribution >= 0.6 is 0 Å². The second-order valence-electron chi connectivity index (χ2n) is 6.91. The number of rotatable bonds is 3. The molecule has 2 heterocycles. The van der Waals surface area contributed by atoms with E-state index in [9.17, 15) is 9.65 Å². The maximum Gasteiger partial charge on any atom is 0.149 e. The van der Waals surface area contributed by atoms with Crippen molar-refractivity contribution in [1.29, 1.82) is 5.26 Å². The lowest BCUT2D eigenvalue weighted by Crippen LogP contribution is -1.99. The summed E-state index contributed by atoms with van der Waals surface area (Å²) >= 11 is 0. The molecule has 2 aromatic heterocycles. The zero-order valence-electron chi connectivity index (χ0n) is 15.9. The molecular weight excluding hydrogens is 351 g/mol. The van der Waals surface area contributed by atoms with Crippen LogP contribution in [-0.2, 0) is 0 Å². The summed E-state index contributed by atoms with van der Waals surface area (Å²) < 4.78 is 15.3. The average molecular weight is 370 g/mol. The first-order valence-electron chi connectivity index (χ1n) is 8.99. The molecule has 0 fully saturated rings. The van der Waals surface area contributed by atoms with Crippen molar-refractivity contribution in [3.8, 4) is 11.8 Å². The first-order valence-corrected chi connectivity index (χ1v) is 8.99. The van der Waals surface area contributed by atoms with Gasteiger partial charge in [0.15, 0.2) is 0 Å². The molecule has 0 saturated carbocycles. The van der Waals surface area contributed by atoms with E-state index in [0.29, 0.717) is 11.4 Å². The largest absolute Gasteiger partial charge is 0.337 e. The molecule has 5 heteroatoms. The van der Waals surface area contributed by atoms with Crippen molar-refractivity contribution in [1.82, 2.24) is 14.5 Å². The van der Waals surface area contributed by atoms with E-state index >= 15 is 0 Å². The van der Waals surface area contributed by atoms with E-state index in [-0.39, 0.29) is 5.82 Å². The highest BCUT2D eigenvalue weighted by atomic mass is 19.1. The van der Waals surface area contributed by atoms with E-state index in [1.807, 2.05) is 55.7 Å². The van der Waals surface area contributed by atoms with Crippen molar-refractivity contribution >= 4 is 22.7 Å². The molecule has 0 amide bonds. The number of hydrogen-bond acceptors (Lipinski definition) is 2. The van der Waals surface area contributed by atoms with E-state index in [1.165, 1.54) is 12.1 Å². The zero-order chi connectivity index (χ0) is 19.8. The fraction of sp³-hybridized carbons (Fsp3) is 0.130. The van der Waals surface area contributed by atoms with E-state index in [1.54, 1.807) is 12.1 Å². The van der Waals surface area contributed by atoms with Crippen molar-refractivity contribution in [2.45, 2.75) is 20.8 Å². The highest BCUT2D eigenvalue weighted by Crippen LogP contribution is 2.26. The Bertz CT molecular complexity index is 1250. The van der Waals surface area contributed by atoms with Crippen LogP contribution in [0.5, 0.6) is 0 Å². The number of nitriles is 1. The maximum absolute atomic E-state index is 13.3. The molecule has 28 heavy (non-hydrogen) atoms. The van der Waals surface area contributed by atoms with Gasteiger partial charge in [-0.1, -0.05) is 6.07 Å². The number of benzene rings is 2. The lowest BCUT2D eigenvalue weighted by atomic mass is 10.1. The fourth-order valence-corrected chi connectivity index (χ4v) is 3.48. The molecule has 0 radical (unpaired) electrons. The van der Waals surface area contributed by atoms with Gasteiger partial charge in [-0.2, -0.15) is 5.26 Å². The van der Waals surface area contributed by atoms with E-state index in [0.717, 1.165) is 39.2 Å². The normalized spacial score (nSPS) is 11.8. The van der Waals surface area contributed by atoms with E-state index in [2.05, 4.69) is 16.0 Å². The molecule has 0 aliphatic carbocycles. The van der Waals surface area contributed by atoms with Gasteiger partial charge in [0.25, 0.3) is 0 Å². The Labute approximate surface area is 162 Å². The second kappa shape index (κ2) is 6.82. The fourth-order valence-electron chi connectivity index (χ4n) is 3.48. The Morgan fingerprint density at radius 3 is 2.57 bits per heavy atom. The number of aromatic amines is 1. The van der Waals surface area contributed by atoms with Gasteiger partial charge in [-0.3, -0.25) is 0 Å². The van der Waals surface area contributed by atoms with Crippen molar-refractivity contribution in [3.05, 3.63) is 82.7 Å². The first kappa shape index (κ1) is 17.7. The average Bonchev–Trinajstić information content (AvgIpc) is 3.20. The van der Waals surface area contributed by atoms with Crippen LogP contribution in [0, 0.1) is 37.9 Å². The van der Waals surface area contributed by atoms with Crippen LogP contribution < -0.4 is 0 Å². The number of allylic oxidation sites excluding steroid dienone is 1. The molecule has 2 aromatic carbocycles. The Morgan fingerprint density at radius 1 is 1.11 bits per heavy atom. The number of nitrogens with one attached hydrogen (secondary N) is 1. The highest BCUT2D eigenvalue weighted by molar-refractivity contribution is 5.91. The van der Waals surface area contributed by atoms with Crippen molar-refractivity contribution in [2.75, 3.05) is 0 Å². The lowest BCUT2D eigenvalue weighted by Gasteiger charge is -2.09. The summed E-state index contributed by atoms with van der Waals surface area (Å²) in [6.07, 6.45) is 1.84. The number of aryl methyl sites for hydroxylation is 2. The van der Waals surface area contributed by atoms with Gasteiger partial charge in [0, 0.05) is 17.1 Å². The van der Waals surface area contributed by atoms with Gasteiger partial charge in [0.2, 0.25) is 0 Å². The number of aromatic nitrogens is 3. The molecule has 4 rings (SSSR count). The molecular formula is C23H19FN4. The number of halogens is 1. The van der Waals surface area contributed by atoms with Gasteiger partial charge in [-0.15, -0.1) is 0 Å². The number of H-pyrrole nitrogens is 1. The molecule has 4 aromatic rings. The third-order valence-corrected chi connectivity index (χ3v) is 4.87. The lowest BCUT2D eigenvalue weighted by molar-refractivity contribution is 0.627. The molecule has 0 aliphatic heterocycles. The van der Waals surface area contributed by atoms with Gasteiger partial charge in [0.1, 0.15) is 17.7 Å². The van der Waals surface area contributed by atoms with Crippen LogP contribution in [0.15, 0.2) is 48.5 Å². The summed E-state index contributed by atoms with van der Waals surface area (Å²) in [5.74, 6) is 0.285. The van der Waals surface area contributed by atoms with E-state index < -0.39 is 0 Å². The molecule has 0 saturated heterocycles.